The summed E-state index contributed by atoms with van der Waals surface area (Å²) in [6.07, 6.45) is 1.91. The molecule has 0 unspecified atom stereocenters. The van der Waals surface area contributed by atoms with Crippen molar-refractivity contribution in [1.82, 2.24) is 9.29 Å². The molecule has 1 heterocycles. The zero-order chi connectivity index (χ0) is 18.6. The van der Waals surface area contributed by atoms with Crippen LogP contribution in [0.25, 0.3) is 0 Å². The molecule has 0 saturated carbocycles. The van der Waals surface area contributed by atoms with E-state index in [4.69, 9.17) is 4.74 Å². The number of sulfonamides is 1. The Morgan fingerprint density at radius 1 is 1.36 bits per heavy atom. The predicted octanol–water partition coefficient (Wildman–Crippen LogP) is 3.47. The van der Waals surface area contributed by atoms with Gasteiger partial charge in [-0.2, -0.15) is 0 Å². The molecule has 136 valence electrons. The molecule has 0 amide bonds. The highest BCUT2D eigenvalue weighted by Gasteiger charge is 2.22. The van der Waals surface area contributed by atoms with E-state index < -0.39 is 16.0 Å². The molecular formula is C16H19BrN2O4S2. The molecule has 1 aromatic carbocycles. The minimum atomic E-state index is -3.67. The first kappa shape index (κ1) is 20.0. The number of carbonyl (C=O) groups is 1. The van der Waals surface area contributed by atoms with Gasteiger partial charge in [0.25, 0.3) is 0 Å². The molecule has 2 aromatic rings. The third kappa shape index (κ3) is 4.87. The van der Waals surface area contributed by atoms with Crippen LogP contribution in [0.3, 0.4) is 0 Å². The zero-order valence-corrected chi connectivity index (χ0v) is 17.4. The summed E-state index contributed by atoms with van der Waals surface area (Å²) >= 11 is 4.75. The van der Waals surface area contributed by atoms with Crippen molar-refractivity contribution in [2.24, 2.45) is 0 Å². The summed E-state index contributed by atoms with van der Waals surface area (Å²) in [6, 6.07) is 4.35. The molecule has 0 atom stereocenters. The molecular weight excluding hydrogens is 428 g/mol. The van der Waals surface area contributed by atoms with E-state index in [2.05, 4.69) is 27.8 Å². The molecule has 0 fully saturated rings. The second-order valence-electron chi connectivity index (χ2n) is 5.49. The molecule has 0 saturated heterocycles. The quantitative estimate of drug-likeness (QED) is 0.608. The maximum Gasteiger partial charge on any atom is 0.338 e. The van der Waals surface area contributed by atoms with Crippen LogP contribution in [-0.4, -0.2) is 37.8 Å². The van der Waals surface area contributed by atoms with Gasteiger partial charge in [-0.05, 0) is 47.0 Å². The van der Waals surface area contributed by atoms with E-state index in [1.807, 2.05) is 5.38 Å². The van der Waals surface area contributed by atoms with Crippen molar-refractivity contribution in [3.63, 3.8) is 0 Å². The number of carbonyl (C=O) groups excluding carboxylic acids is 1. The zero-order valence-electron chi connectivity index (χ0n) is 14.2. The SMILES string of the molecule is CCCc1nc(COC(=O)c2ccc(Br)c(S(=O)(=O)N(C)C)c2)cs1. The minimum absolute atomic E-state index is 0.0193. The summed E-state index contributed by atoms with van der Waals surface area (Å²) in [4.78, 5) is 16.7. The van der Waals surface area contributed by atoms with Gasteiger partial charge < -0.3 is 4.74 Å². The van der Waals surface area contributed by atoms with Crippen LogP contribution >= 0.6 is 27.3 Å². The van der Waals surface area contributed by atoms with Gasteiger partial charge >= 0.3 is 5.97 Å². The van der Waals surface area contributed by atoms with Gasteiger partial charge in [-0.25, -0.2) is 22.5 Å². The number of ether oxygens (including phenoxy) is 1. The van der Waals surface area contributed by atoms with Gasteiger partial charge in [-0.15, -0.1) is 11.3 Å². The van der Waals surface area contributed by atoms with Crippen LogP contribution in [0, 0.1) is 0 Å². The number of hydrogen-bond donors (Lipinski definition) is 0. The third-order valence-corrected chi connectivity index (χ3v) is 7.11. The highest BCUT2D eigenvalue weighted by molar-refractivity contribution is 9.10. The lowest BCUT2D eigenvalue weighted by molar-refractivity contribution is 0.0468. The number of benzene rings is 1. The molecule has 0 aliphatic heterocycles. The number of halogens is 1. The van der Waals surface area contributed by atoms with Gasteiger partial charge in [0.05, 0.1) is 21.2 Å². The largest absolute Gasteiger partial charge is 0.456 e. The molecule has 9 heteroatoms. The molecule has 25 heavy (non-hydrogen) atoms. The lowest BCUT2D eigenvalue weighted by Gasteiger charge is -2.13. The maximum atomic E-state index is 12.3. The van der Waals surface area contributed by atoms with E-state index in [1.165, 1.54) is 43.6 Å². The lowest BCUT2D eigenvalue weighted by atomic mass is 10.2. The number of rotatable bonds is 7. The first-order valence-corrected chi connectivity index (χ1v) is 10.7. The fourth-order valence-corrected chi connectivity index (χ4v) is 4.72. The number of thiazole rings is 1. The summed E-state index contributed by atoms with van der Waals surface area (Å²) in [5.41, 5.74) is 0.868. The Morgan fingerprint density at radius 3 is 2.72 bits per heavy atom. The average Bonchev–Trinajstić information content (AvgIpc) is 3.00. The van der Waals surface area contributed by atoms with Crippen LogP contribution in [0.4, 0.5) is 0 Å². The predicted molar refractivity (Wildman–Crippen MR) is 100 cm³/mol. The standard InChI is InChI=1S/C16H19BrN2O4S2/c1-4-5-15-18-12(10-24-15)9-23-16(20)11-6-7-13(17)14(8-11)25(21,22)19(2)3/h6-8,10H,4-5,9H2,1-3H3. The Bertz CT molecular complexity index is 863. The van der Waals surface area contributed by atoms with Crippen molar-refractivity contribution in [2.45, 2.75) is 31.3 Å². The normalized spacial score (nSPS) is 11.7. The Hall–Kier alpha value is -1.29. The van der Waals surface area contributed by atoms with Gasteiger partial charge in [0, 0.05) is 23.9 Å². The Kier molecular flexibility index (Phi) is 6.72. The average molecular weight is 447 g/mol. The molecule has 0 radical (unpaired) electrons. The number of esters is 1. The van der Waals surface area contributed by atoms with Crippen molar-refractivity contribution in [3.8, 4) is 0 Å². The van der Waals surface area contributed by atoms with Crippen LogP contribution in [0.5, 0.6) is 0 Å². The number of nitrogens with zero attached hydrogens (tertiary/aromatic N) is 2. The van der Waals surface area contributed by atoms with Crippen molar-refractivity contribution in [3.05, 3.63) is 44.3 Å². The van der Waals surface area contributed by atoms with Gasteiger partial charge in [0.1, 0.15) is 6.61 Å². The van der Waals surface area contributed by atoms with Crippen molar-refractivity contribution in [2.75, 3.05) is 14.1 Å². The van der Waals surface area contributed by atoms with E-state index in [1.54, 1.807) is 0 Å². The number of aromatic nitrogens is 1. The van der Waals surface area contributed by atoms with E-state index in [0.29, 0.717) is 10.2 Å². The second kappa shape index (κ2) is 8.39. The number of hydrogen-bond acceptors (Lipinski definition) is 6. The maximum absolute atomic E-state index is 12.3. The van der Waals surface area contributed by atoms with Crippen LogP contribution in [0.2, 0.25) is 0 Å². The van der Waals surface area contributed by atoms with Gasteiger partial charge in [-0.3, -0.25) is 0 Å². The molecule has 0 aliphatic rings. The first-order valence-electron chi connectivity index (χ1n) is 7.58. The van der Waals surface area contributed by atoms with Crippen molar-refractivity contribution in [1.29, 1.82) is 0 Å². The highest BCUT2D eigenvalue weighted by Crippen LogP contribution is 2.25. The van der Waals surface area contributed by atoms with Gasteiger partial charge in [0.15, 0.2) is 0 Å². The van der Waals surface area contributed by atoms with E-state index in [9.17, 15) is 13.2 Å². The van der Waals surface area contributed by atoms with Gasteiger partial charge in [-0.1, -0.05) is 6.92 Å². The fourth-order valence-electron chi connectivity index (χ4n) is 1.99. The first-order chi connectivity index (χ1) is 11.8. The fraction of sp³-hybridized carbons (Fsp3) is 0.375. The van der Waals surface area contributed by atoms with E-state index in [-0.39, 0.29) is 17.1 Å². The number of aryl methyl sites for hydroxylation is 1. The Labute approximate surface area is 160 Å². The van der Waals surface area contributed by atoms with E-state index >= 15 is 0 Å². The molecule has 0 N–H and O–H groups in total. The van der Waals surface area contributed by atoms with Crippen LogP contribution in [0.1, 0.15) is 34.4 Å². The molecule has 2 rings (SSSR count). The lowest BCUT2D eigenvalue weighted by Crippen LogP contribution is -2.23. The topological polar surface area (TPSA) is 76.6 Å². The van der Waals surface area contributed by atoms with Crippen LogP contribution in [0.15, 0.2) is 32.9 Å². The summed E-state index contributed by atoms with van der Waals surface area (Å²) in [7, 11) is -0.799. The van der Waals surface area contributed by atoms with Crippen LogP contribution < -0.4 is 0 Å². The van der Waals surface area contributed by atoms with Crippen LogP contribution in [-0.2, 0) is 27.8 Å². The second-order valence-corrected chi connectivity index (χ2v) is 9.41. The summed E-state index contributed by atoms with van der Waals surface area (Å²) in [5, 5.41) is 2.87. The van der Waals surface area contributed by atoms with Crippen molar-refractivity contribution >= 4 is 43.3 Å². The Balaban J connectivity index is 2.14. The van der Waals surface area contributed by atoms with E-state index in [0.717, 1.165) is 22.2 Å². The Morgan fingerprint density at radius 2 is 2.08 bits per heavy atom. The monoisotopic (exact) mass is 446 g/mol. The smallest absolute Gasteiger partial charge is 0.338 e. The van der Waals surface area contributed by atoms with Crippen molar-refractivity contribution < 1.29 is 17.9 Å². The molecule has 0 aliphatic carbocycles. The molecule has 6 nitrogen and oxygen atoms in total. The summed E-state index contributed by atoms with van der Waals surface area (Å²) < 4.78 is 31.3. The van der Waals surface area contributed by atoms with Gasteiger partial charge in [0.2, 0.25) is 10.0 Å². The molecule has 0 spiro atoms. The molecule has 1 aromatic heterocycles. The highest BCUT2D eigenvalue weighted by atomic mass is 79.9. The molecule has 0 bridgehead atoms. The summed E-state index contributed by atoms with van der Waals surface area (Å²) in [5.74, 6) is -0.590. The third-order valence-electron chi connectivity index (χ3n) is 3.34. The minimum Gasteiger partial charge on any atom is -0.456 e. The summed E-state index contributed by atoms with van der Waals surface area (Å²) in [6.45, 7) is 2.14.